The van der Waals surface area contributed by atoms with Crippen molar-refractivity contribution in [3.05, 3.63) is 96.8 Å². The third kappa shape index (κ3) is 4.64. The van der Waals surface area contributed by atoms with E-state index in [1.54, 1.807) is 48.5 Å². The molecule has 1 aliphatic rings. The topological polar surface area (TPSA) is 106 Å². The number of carbonyl (C=O) groups is 2. The van der Waals surface area contributed by atoms with E-state index in [9.17, 15) is 19.5 Å². The fourth-order valence-corrected chi connectivity index (χ4v) is 5.33. The summed E-state index contributed by atoms with van der Waals surface area (Å²) in [7, 11) is 1.42. The summed E-state index contributed by atoms with van der Waals surface area (Å²) in [5, 5.41) is 10.8. The fourth-order valence-electron chi connectivity index (χ4n) is 4.87. The molecule has 0 spiro atoms. The van der Waals surface area contributed by atoms with Gasteiger partial charge in [-0.05, 0) is 101 Å². The molecule has 1 unspecified atom stereocenters. The van der Waals surface area contributed by atoms with Gasteiger partial charge in [0.15, 0.2) is 16.9 Å². The van der Waals surface area contributed by atoms with Crippen molar-refractivity contribution in [1.82, 2.24) is 0 Å². The number of benzene rings is 3. The van der Waals surface area contributed by atoms with Gasteiger partial charge in [-0.15, -0.1) is 0 Å². The average Bonchev–Trinajstić information content (AvgIpc) is 3.23. The van der Waals surface area contributed by atoms with Crippen LogP contribution in [0.2, 0.25) is 0 Å². The van der Waals surface area contributed by atoms with Crippen LogP contribution in [0, 0.1) is 13.8 Å². The van der Waals surface area contributed by atoms with Crippen molar-refractivity contribution in [1.29, 1.82) is 0 Å². The van der Waals surface area contributed by atoms with Crippen LogP contribution in [-0.2, 0) is 4.74 Å². The molecule has 2 heterocycles. The minimum Gasteiger partial charge on any atom is -0.503 e. The minimum absolute atomic E-state index is 0.0584. The second-order valence-electron chi connectivity index (χ2n) is 9.77. The lowest BCUT2D eigenvalue weighted by molar-refractivity contribution is 0.0499. The number of hydrogen-bond donors (Lipinski definition) is 1. The van der Waals surface area contributed by atoms with Crippen molar-refractivity contribution in [2.24, 2.45) is 0 Å². The zero-order valence-corrected chi connectivity index (χ0v) is 24.1. The second kappa shape index (κ2) is 10.8. The number of phenols is 1. The third-order valence-electron chi connectivity index (χ3n) is 7.19. The van der Waals surface area contributed by atoms with Gasteiger partial charge >= 0.3 is 5.97 Å². The zero-order chi connectivity index (χ0) is 28.7. The Bertz CT molecular complexity index is 1710. The molecule has 4 aromatic rings. The van der Waals surface area contributed by atoms with Gasteiger partial charge in [-0.1, -0.05) is 13.3 Å². The van der Waals surface area contributed by atoms with Crippen molar-refractivity contribution in [3.63, 3.8) is 0 Å². The van der Waals surface area contributed by atoms with Crippen molar-refractivity contribution < 1.29 is 28.6 Å². The predicted molar refractivity (Wildman–Crippen MR) is 155 cm³/mol. The molecule has 3 aromatic carbocycles. The van der Waals surface area contributed by atoms with E-state index >= 15 is 0 Å². The first-order valence-corrected chi connectivity index (χ1v) is 13.7. The van der Waals surface area contributed by atoms with Crippen LogP contribution in [0.25, 0.3) is 11.0 Å². The number of amides is 1. The van der Waals surface area contributed by atoms with Gasteiger partial charge in [0.1, 0.15) is 5.58 Å². The van der Waals surface area contributed by atoms with Crippen LogP contribution in [0.15, 0.2) is 62.2 Å². The molecule has 8 nitrogen and oxygen atoms in total. The molecule has 0 bridgehead atoms. The van der Waals surface area contributed by atoms with Gasteiger partial charge in [0.05, 0.1) is 40.7 Å². The van der Waals surface area contributed by atoms with Gasteiger partial charge in [-0.3, -0.25) is 14.5 Å². The first-order valence-electron chi connectivity index (χ1n) is 12.9. The standard InChI is InChI=1S/C31H28BrNO7/c1-5-6-11-39-31(37)18-7-9-20(10-8-18)33-26(19-14-22(32)28(35)24(15-19)38-4)25-27(34)21-12-16(2)17(3)13-23(21)40-29(25)30(33)36/h7-10,12-15,26,35H,5-6,11H2,1-4H3. The number of ether oxygens (including phenoxy) is 2. The van der Waals surface area contributed by atoms with E-state index in [0.29, 0.717) is 38.9 Å². The number of unbranched alkanes of at least 4 members (excludes halogenated alkanes) is 1. The van der Waals surface area contributed by atoms with E-state index in [1.165, 1.54) is 12.0 Å². The molecule has 0 saturated carbocycles. The summed E-state index contributed by atoms with van der Waals surface area (Å²) in [5.74, 6) is -0.943. The number of rotatable bonds is 7. The smallest absolute Gasteiger partial charge is 0.338 e. The Balaban J connectivity index is 1.69. The number of anilines is 1. The highest BCUT2D eigenvalue weighted by Gasteiger charge is 2.44. The van der Waals surface area contributed by atoms with Gasteiger partial charge in [-0.25, -0.2) is 4.79 Å². The highest BCUT2D eigenvalue weighted by atomic mass is 79.9. The molecule has 1 amide bonds. The molecule has 1 atom stereocenters. The van der Waals surface area contributed by atoms with Crippen LogP contribution in [0.4, 0.5) is 5.69 Å². The maximum Gasteiger partial charge on any atom is 0.338 e. The molecule has 0 radical (unpaired) electrons. The number of carbonyl (C=O) groups excluding carboxylic acids is 2. The molecule has 40 heavy (non-hydrogen) atoms. The molecule has 206 valence electrons. The molecule has 1 aliphatic heterocycles. The lowest BCUT2D eigenvalue weighted by Gasteiger charge is -2.26. The molecule has 0 fully saturated rings. The number of nitrogens with zero attached hydrogens (tertiary/aromatic N) is 1. The van der Waals surface area contributed by atoms with E-state index in [0.717, 1.165) is 24.0 Å². The van der Waals surface area contributed by atoms with Gasteiger partial charge in [-0.2, -0.15) is 0 Å². The number of aromatic hydroxyl groups is 1. The van der Waals surface area contributed by atoms with E-state index in [4.69, 9.17) is 13.9 Å². The third-order valence-corrected chi connectivity index (χ3v) is 7.79. The maximum atomic E-state index is 14.0. The van der Waals surface area contributed by atoms with Crippen LogP contribution in [0.1, 0.15) is 69.0 Å². The van der Waals surface area contributed by atoms with Crippen molar-refractivity contribution >= 4 is 44.5 Å². The lowest BCUT2D eigenvalue weighted by Crippen LogP contribution is -2.29. The monoisotopic (exact) mass is 605 g/mol. The average molecular weight is 606 g/mol. The minimum atomic E-state index is -0.891. The number of fused-ring (bicyclic) bond motifs is 2. The van der Waals surface area contributed by atoms with Crippen LogP contribution in [0.3, 0.4) is 0 Å². The zero-order valence-electron chi connectivity index (χ0n) is 22.5. The van der Waals surface area contributed by atoms with E-state index < -0.39 is 17.9 Å². The van der Waals surface area contributed by atoms with E-state index in [2.05, 4.69) is 15.9 Å². The summed E-state index contributed by atoms with van der Waals surface area (Å²) in [6.45, 7) is 6.16. The molecular formula is C31H28BrNO7. The highest BCUT2D eigenvalue weighted by Crippen LogP contribution is 2.45. The SMILES string of the molecule is CCCCOC(=O)c1ccc(N2C(=O)c3oc4cc(C)c(C)cc4c(=O)c3C2c2cc(Br)c(O)c(OC)c2)cc1. The first-order chi connectivity index (χ1) is 19.2. The number of halogens is 1. The normalized spacial score (nSPS) is 14.5. The molecule has 0 aliphatic carbocycles. The fraction of sp³-hybridized carbons (Fsp3) is 0.258. The first kappa shape index (κ1) is 27.5. The maximum absolute atomic E-state index is 14.0. The molecule has 0 saturated heterocycles. The number of hydrogen-bond acceptors (Lipinski definition) is 7. The van der Waals surface area contributed by atoms with Crippen LogP contribution >= 0.6 is 15.9 Å². The Hall–Kier alpha value is -4.11. The molecule has 1 N–H and O–H groups in total. The van der Waals surface area contributed by atoms with Gasteiger partial charge in [0.2, 0.25) is 5.76 Å². The summed E-state index contributed by atoms with van der Waals surface area (Å²) >= 11 is 3.36. The summed E-state index contributed by atoms with van der Waals surface area (Å²) in [4.78, 5) is 41.8. The Morgan fingerprint density at radius 3 is 2.45 bits per heavy atom. The number of aryl methyl sites for hydroxylation is 2. The molecule has 9 heteroatoms. The van der Waals surface area contributed by atoms with E-state index in [-0.39, 0.29) is 28.3 Å². The van der Waals surface area contributed by atoms with Crippen molar-refractivity contribution in [2.45, 2.75) is 39.7 Å². The van der Waals surface area contributed by atoms with Crippen molar-refractivity contribution in [3.8, 4) is 11.5 Å². The Morgan fingerprint density at radius 2 is 1.77 bits per heavy atom. The van der Waals surface area contributed by atoms with Crippen LogP contribution < -0.4 is 15.1 Å². The van der Waals surface area contributed by atoms with Gasteiger partial charge in [0, 0.05) is 5.69 Å². The Kier molecular flexibility index (Phi) is 7.42. The highest BCUT2D eigenvalue weighted by molar-refractivity contribution is 9.10. The Morgan fingerprint density at radius 1 is 1.07 bits per heavy atom. The van der Waals surface area contributed by atoms with Crippen LogP contribution in [0.5, 0.6) is 11.5 Å². The van der Waals surface area contributed by atoms with Gasteiger partial charge in [0.25, 0.3) is 5.91 Å². The van der Waals surface area contributed by atoms with E-state index in [1.807, 2.05) is 20.8 Å². The lowest BCUT2D eigenvalue weighted by atomic mass is 9.96. The largest absolute Gasteiger partial charge is 0.503 e. The molecular weight excluding hydrogens is 578 g/mol. The summed E-state index contributed by atoms with van der Waals surface area (Å²) < 4.78 is 17.1. The van der Waals surface area contributed by atoms with Crippen LogP contribution in [-0.4, -0.2) is 30.7 Å². The summed E-state index contributed by atoms with van der Waals surface area (Å²) in [5.41, 5.74) is 3.37. The van der Waals surface area contributed by atoms with Gasteiger partial charge < -0.3 is 19.0 Å². The molecule has 1 aromatic heterocycles. The van der Waals surface area contributed by atoms with Crippen molar-refractivity contribution in [2.75, 3.05) is 18.6 Å². The number of methoxy groups -OCH3 is 1. The molecule has 5 rings (SSSR count). The summed E-state index contributed by atoms with van der Waals surface area (Å²) in [6, 6.07) is 12.3. The quantitative estimate of drug-likeness (QED) is 0.187. The summed E-state index contributed by atoms with van der Waals surface area (Å²) in [6.07, 6.45) is 1.68. The number of esters is 1. The number of phenolic OH excluding ortho intramolecular Hbond substituents is 1. The predicted octanol–water partition coefficient (Wildman–Crippen LogP) is 6.59. The Labute approximate surface area is 239 Å². The second-order valence-corrected chi connectivity index (χ2v) is 10.6.